The second-order valence-electron chi connectivity index (χ2n) is 10.9. The highest BCUT2D eigenvalue weighted by Crippen LogP contribution is 2.23. The lowest BCUT2D eigenvalue weighted by Gasteiger charge is -2.28. The minimum atomic E-state index is -3.74. The molecule has 0 aliphatic heterocycles. The van der Waals surface area contributed by atoms with Gasteiger partial charge < -0.3 is 25.4 Å². The predicted octanol–water partition coefficient (Wildman–Crippen LogP) is 4.14. The molecule has 0 saturated carbocycles. The number of carbonyl (C=O) groups excluding carboxylic acids is 1. The normalized spacial score (nSPS) is 13.4. The van der Waals surface area contributed by atoms with Crippen LogP contribution in [0.1, 0.15) is 49.2 Å². The van der Waals surface area contributed by atoms with E-state index in [2.05, 4.69) is 19.9 Å². The van der Waals surface area contributed by atoms with Crippen LogP contribution in [0.5, 0.6) is 0 Å². The van der Waals surface area contributed by atoms with Crippen LogP contribution in [0.2, 0.25) is 0 Å². The zero-order chi connectivity index (χ0) is 30.5. The molecule has 0 aliphatic rings. The van der Waals surface area contributed by atoms with E-state index in [1.54, 1.807) is 54.6 Å². The quantitative estimate of drug-likeness (QED) is 0.157. The summed E-state index contributed by atoms with van der Waals surface area (Å²) >= 11 is 0. The van der Waals surface area contributed by atoms with Crippen LogP contribution in [-0.4, -0.2) is 53.2 Å². The van der Waals surface area contributed by atoms with Crippen LogP contribution >= 0.6 is 0 Å². The molecule has 10 nitrogen and oxygen atoms in total. The lowest BCUT2D eigenvalue weighted by molar-refractivity contribution is -0.138. The maximum atomic E-state index is 12.7. The molecule has 0 saturated heterocycles. The lowest BCUT2D eigenvalue weighted by Crippen LogP contribution is -2.42. The molecule has 4 rings (SSSR count). The number of nitrogens with zero attached hydrogens (tertiary/aromatic N) is 1. The first-order chi connectivity index (χ1) is 19.8. The number of benzene rings is 3. The van der Waals surface area contributed by atoms with Crippen molar-refractivity contribution >= 4 is 38.5 Å². The number of hydrogen-bond donors (Lipinski definition) is 5. The van der Waals surface area contributed by atoms with Crippen LogP contribution in [0.3, 0.4) is 0 Å². The van der Waals surface area contributed by atoms with E-state index in [0.29, 0.717) is 23.4 Å². The van der Waals surface area contributed by atoms with Crippen LogP contribution in [0.15, 0.2) is 90.0 Å². The number of aryl methyl sites for hydroxylation is 1. The summed E-state index contributed by atoms with van der Waals surface area (Å²) in [5, 5.41) is 26.6. The van der Waals surface area contributed by atoms with E-state index < -0.39 is 34.0 Å². The van der Waals surface area contributed by atoms with E-state index in [1.165, 1.54) is 19.1 Å². The number of carbonyl (C=O) groups is 2. The van der Waals surface area contributed by atoms with Crippen LogP contribution in [-0.2, 0) is 21.4 Å². The van der Waals surface area contributed by atoms with Gasteiger partial charge in [-0.1, -0.05) is 30.3 Å². The number of sulfonamides is 1. The molecule has 4 aromatic rings. The van der Waals surface area contributed by atoms with Crippen molar-refractivity contribution in [3.05, 3.63) is 96.2 Å². The predicted molar refractivity (Wildman–Crippen MR) is 162 cm³/mol. The monoisotopic (exact) mass is 592 g/mol. The standard InChI is InChI=1S/C31H36N4O6S/c1-21(30(38)39)33-29(37)24-12-13-27-22(18-24)14-16-35(27)17-15-31(2,3)32-20-28(36)23-8-7-9-25(19-23)34-42(40,41)26-10-5-4-6-11-26/h4-14,16,18-19,21,28,32,34,36H,15,17,20H2,1-3H3,(H,33,37)(H,38,39)/t21-,28+/m0/s1. The van der Waals surface area contributed by atoms with Gasteiger partial charge in [-0.25, -0.2) is 8.42 Å². The summed E-state index contributed by atoms with van der Waals surface area (Å²) in [6, 6.07) is 21.0. The fourth-order valence-corrected chi connectivity index (χ4v) is 5.55. The zero-order valence-electron chi connectivity index (χ0n) is 23.7. The number of β-amino-alcohol motifs (C(OH)–C–C–N with tert-alkyl or cyclic N) is 1. The van der Waals surface area contributed by atoms with E-state index in [0.717, 1.165) is 17.3 Å². The number of fused-ring (bicyclic) bond motifs is 1. The minimum absolute atomic E-state index is 0.158. The van der Waals surface area contributed by atoms with Gasteiger partial charge in [0, 0.05) is 47.0 Å². The van der Waals surface area contributed by atoms with Gasteiger partial charge in [-0.15, -0.1) is 0 Å². The molecule has 5 N–H and O–H groups in total. The lowest BCUT2D eigenvalue weighted by atomic mass is 9.99. The number of amides is 1. The molecule has 0 fully saturated rings. The second kappa shape index (κ2) is 12.8. The van der Waals surface area contributed by atoms with Gasteiger partial charge in [-0.2, -0.15) is 0 Å². The van der Waals surface area contributed by atoms with Crippen molar-refractivity contribution in [1.82, 2.24) is 15.2 Å². The Morgan fingerprint density at radius 2 is 1.71 bits per heavy atom. The topological polar surface area (TPSA) is 150 Å². The first-order valence-electron chi connectivity index (χ1n) is 13.6. The summed E-state index contributed by atoms with van der Waals surface area (Å²) in [7, 11) is -3.74. The number of rotatable bonds is 13. The SMILES string of the molecule is C[C@H](NC(=O)c1ccc2c(ccn2CCC(C)(C)NC[C@@H](O)c2cccc(NS(=O)(=O)c3ccccc3)c2)c1)C(=O)O. The fraction of sp³-hybridized carbons (Fsp3) is 0.290. The molecule has 0 radical (unpaired) electrons. The average Bonchev–Trinajstić information content (AvgIpc) is 3.37. The molecule has 0 bridgehead atoms. The first kappa shape index (κ1) is 30.8. The highest BCUT2D eigenvalue weighted by Gasteiger charge is 2.21. The molecule has 222 valence electrons. The molecule has 1 aromatic heterocycles. The number of aliphatic carboxylic acids is 1. The van der Waals surface area contributed by atoms with Crippen molar-refractivity contribution < 1.29 is 28.2 Å². The molecule has 2 atom stereocenters. The van der Waals surface area contributed by atoms with Crippen LogP contribution in [0, 0.1) is 0 Å². The molecular formula is C31H36N4O6S. The molecule has 0 spiro atoms. The summed E-state index contributed by atoms with van der Waals surface area (Å²) in [6.45, 7) is 6.45. The Morgan fingerprint density at radius 1 is 0.976 bits per heavy atom. The van der Waals surface area contributed by atoms with Crippen molar-refractivity contribution in [2.24, 2.45) is 0 Å². The Hall–Kier alpha value is -4.19. The van der Waals surface area contributed by atoms with E-state index in [4.69, 9.17) is 5.11 Å². The highest BCUT2D eigenvalue weighted by molar-refractivity contribution is 7.92. The van der Waals surface area contributed by atoms with Gasteiger partial charge in [0.15, 0.2) is 0 Å². The van der Waals surface area contributed by atoms with Crippen LogP contribution < -0.4 is 15.4 Å². The summed E-state index contributed by atoms with van der Waals surface area (Å²) in [6.07, 6.45) is 1.82. The number of aromatic nitrogens is 1. The number of aliphatic hydroxyl groups is 1. The summed E-state index contributed by atoms with van der Waals surface area (Å²) < 4.78 is 30.0. The van der Waals surface area contributed by atoms with Crippen LogP contribution in [0.4, 0.5) is 5.69 Å². The van der Waals surface area contributed by atoms with Crippen molar-refractivity contribution in [2.45, 2.75) is 56.3 Å². The van der Waals surface area contributed by atoms with Crippen molar-refractivity contribution in [3.63, 3.8) is 0 Å². The first-order valence-corrected chi connectivity index (χ1v) is 15.1. The Kier molecular flexibility index (Phi) is 9.35. The molecule has 0 aliphatic carbocycles. The van der Waals surface area contributed by atoms with E-state index in [9.17, 15) is 23.1 Å². The second-order valence-corrected chi connectivity index (χ2v) is 12.6. The van der Waals surface area contributed by atoms with Gasteiger partial charge in [0.1, 0.15) is 6.04 Å². The Bertz CT molecular complexity index is 1670. The molecule has 1 heterocycles. The van der Waals surface area contributed by atoms with Gasteiger partial charge in [0.05, 0.1) is 11.0 Å². The van der Waals surface area contributed by atoms with Gasteiger partial charge in [0.25, 0.3) is 15.9 Å². The maximum absolute atomic E-state index is 12.7. The Labute approximate surface area is 245 Å². The number of aliphatic hydroxyl groups excluding tert-OH is 1. The molecule has 11 heteroatoms. The smallest absolute Gasteiger partial charge is 0.325 e. The number of carboxylic acids is 1. The largest absolute Gasteiger partial charge is 0.480 e. The Balaban J connectivity index is 1.33. The minimum Gasteiger partial charge on any atom is -0.480 e. The summed E-state index contributed by atoms with van der Waals surface area (Å²) in [5.74, 6) is -1.54. The van der Waals surface area contributed by atoms with Gasteiger partial charge in [0.2, 0.25) is 0 Å². The third-order valence-corrected chi connectivity index (χ3v) is 8.48. The maximum Gasteiger partial charge on any atom is 0.325 e. The number of carboxylic acid groups (broad SMARTS) is 1. The van der Waals surface area contributed by atoms with Gasteiger partial charge in [-0.05, 0) is 81.3 Å². The number of nitrogens with one attached hydrogen (secondary N) is 3. The third kappa shape index (κ3) is 7.75. The molecule has 3 aromatic carbocycles. The van der Waals surface area contributed by atoms with E-state index >= 15 is 0 Å². The van der Waals surface area contributed by atoms with Crippen LogP contribution in [0.25, 0.3) is 10.9 Å². The van der Waals surface area contributed by atoms with E-state index in [1.807, 2.05) is 32.2 Å². The molecule has 0 unspecified atom stereocenters. The molecule has 1 amide bonds. The number of anilines is 1. The van der Waals surface area contributed by atoms with Crippen molar-refractivity contribution in [1.29, 1.82) is 0 Å². The molecule has 42 heavy (non-hydrogen) atoms. The fourth-order valence-electron chi connectivity index (χ4n) is 4.48. The molecular weight excluding hydrogens is 556 g/mol. The zero-order valence-corrected chi connectivity index (χ0v) is 24.6. The van der Waals surface area contributed by atoms with Gasteiger partial charge in [-0.3, -0.25) is 14.3 Å². The Morgan fingerprint density at radius 3 is 2.43 bits per heavy atom. The average molecular weight is 593 g/mol. The highest BCUT2D eigenvalue weighted by atomic mass is 32.2. The van der Waals surface area contributed by atoms with E-state index in [-0.39, 0.29) is 17.0 Å². The third-order valence-electron chi connectivity index (χ3n) is 7.08. The summed E-state index contributed by atoms with van der Waals surface area (Å²) in [5.41, 5.74) is 1.95. The summed E-state index contributed by atoms with van der Waals surface area (Å²) in [4.78, 5) is 23.6. The van der Waals surface area contributed by atoms with Crippen molar-refractivity contribution in [3.8, 4) is 0 Å². The van der Waals surface area contributed by atoms with Crippen molar-refractivity contribution in [2.75, 3.05) is 11.3 Å². The number of hydrogen-bond acceptors (Lipinski definition) is 6. The van der Waals surface area contributed by atoms with Gasteiger partial charge >= 0.3 is 5.97 Å².